The van der Waals surface area contributed by atoms with Gasteiger partial charge in [-0.05, 0) is 60.7 Å². The summed E-state index contributed by atoms with van der Waals surface area (Å²) >= 11 is 0. The average Bonchev–Trinajstić information content (AvgIpc) is 2.65. The van der Waals surface area contributed by atoms with E-state index in [9.17, 15) is 9.59 Å². The highest BCUT2D eigenvalue weighted by Crippen LogP contribution is 2.17. The minimum absolute atomic E-state index is 0.0772. The van der Waals surface area contributed by atoms with Crippen LogP contribution in [0.3, 0.4) is 0 Å². The van der Waals surface area contributed by atoms with Gasteiger partial charge in [-0.1, -0.05) is 32.9 Å². The van der Waals surface area contributed by atoms with Crippen LogP contribution in [0.2, 0.25) is 0 Å². The molecule has 27 heavy (non-hydrogen) atoms. The summed E-state index contributed by atoms with van der Waals surface area (Å²) in [6.07, 6.45) is 0.973. The van der Waals surface area contributed by atoms with Crippen LogP contribution in [0.15, 0.2) is 42.5 Å². The Morgan fingerprint density at radius 3 is 2.33 bits per heavy atom. The molecule has 5 heteroatoms. The first-order valence-corrected chi connectivity index (χ1v) is 9.40. The fourth-order valence-corrected chi connectivity index (χ4v) is 2.61. The van der Waals surface area contributed by atoms with Gasteiger partial charge in [-0.15, -0.1) is 0 Å². The summed E-state index contributed by atoms with van der Waals surface area (Å²) in [7, 11) is 0. The third-order valence-electron chi connectivity index (χ3n) is 4.24. The molecule has 0 bridgehead atoms. The Morgan fingerprint density at radius 1 is 1.04 bits per heavy atom. The van der Waals surface area contributed by atoms with Crippen LogP contribution in [0.5, 0.6) is 0 Å². The molecule has 0 aliphatic carbocycles. The molecule has 0 saturated carbocycles. The van der Waals surface area contributed by atoms with Crippen LogP contribution in [0.25, 0.3) is 0 Å². The highest BCUT2D eigenvalue weighted by molar-refractivity contribution is 5.95. The van der Waals surface area contributed by atoms with Crippen molar-refractivity contribution in [1.29, 1.82) is 0 Å². The van der Waals surface area contributed by atoms with E-state index >= 15 is 0 Å². The van der Waals surface area contributed by atoms with Gasteiger partial charge in [0, 0.05) is 23.5 Å². The molecule has 5 nitrogen and oxygen atoms in total. The average molecular weight is 367 g/mol. The third kappa shape index (κ3) is 6.44. The quantitative estimate of drug-likeness (QED) is 0.661. The molecule has 0 aromatic heterocycles. The Morgan fingerprint density at radius 2 is 1.74 bits per heavy atom. The van der Waals surface area contributed by atoms with Gasteiger partial charge in [-0.3, -0.25) is 9.59 Å². The highest BCUT2D eigenvalue weighted by Gasteiger charge is 2.09. The van der Waals surface area contributed by atoms with Gasteiger partial charge in [0.1, 0.15) is 0 Å². The number of carbonyl (C=O) groups excluding carboxylic acids is 2. The van der Waals surface area contributed by atoms with Crippen LogP contribution in [0, 0.1) is 12.8 Å². The number of carbonyl (C=O) groups is 2. The second-order valence-corrected chi connectivity index (χ2v) is 7.09. The van der Waals surface area contributed by atoms with Crippen LogP contribution >= 0.6 is 0 Å². The number of benzene rings is 2. The standard InChI is InChI=1S/C22H29N3O2/c1-5-17-6-9-19(10-7-17)25-21(26)14-23-20-11-8-18(12-16(20)4)22(27)24-13-15(2)3/h6-12,15,23H,5,13-14H2,1-4H3,(H,24,27)(H,25,26). The maximum atomic E-state index is 12.1. The predicted octanol–water partition coefficient (Wildman–Crippen LogP) is 3.99. The molecule has 3 N–H and O–H groups in total. The van der Waals surface area contributed by atoms with Crippen LogP contribution in [0.4, 0.5) is 11.4 Å². The lowest BCUT2D eigenvalue weighted by atomic mass is 10.1. The molecule has 144 valence electrons. The van der Waals surface area contributed by atoms with E-state index in [1.807, 2.05) is 43.3 Å². The molecular formula is C22H29N3O2. The van der Waals surface area contributed by atoms with Gasteiger partial charge in [0.15, 0.2) is 0 Å². The Balaban J connectivity index is 1.89. The van der Waals surface area contributed by atoms with Crippen LogP contribution in [0.1, 0.15) is 42.3 Å². The molecule has 0 aliphatic rings. The second-order valence-electron chi connectivity index (χ2n) is 7.09. The molecule has 0 aliphatic heterocycles. The maximum Gasteiger partial charge on any atom is 0.251 e. The summed E-state index contributed by atoms with van der Waals surface area (Å²) in [4.78, 5) is 24.3. The second kappa shape index (κ2) is 9.76. The lowest BCUT2D eigenvalue weighted by Crippen LogP contribution is -2.27. The molecule has 2 rings (SSSR count). The van der Waals surface area contributed by atoms with Crippen LogP contribution in [-0.2, 0) is 11.2 Å². The molecule has 0 saturated heterocycles. The minimum Gasteiger partial charge on any atom is -0.376 e. The molecular weight excluding hydrogens is 338 g/mol. The molecule has 0 fully saturated rings. The van der Waals surface area contributed by atoms with E-state index in [0.717, 1.165) is 23.4 Å². The number of hydrogen-bond acceptors (Lipinski definition) is 3. The number of aryl methyl sites for hydroxylation is 2. The van der Waals surface area contributed by atoms with E-state index in [2.05, 4.69) is 36.7 Å². The smallest absolute Gasteiger partial charge is 0.251 e. The molecule has 0 spiro atoms. The topological polar surface area (TPSA) is 70.2 Å². The summed E-state index contributed by atoms with van der Waals surface area (Å²) < 4.78 is 0. The van der Waals surface area contributed by atoms with Crippen molar-refractivity contribution in [3.05, 3.63) is 59.2 Å². The zero-order valence-electron chi connectivity index (χ0n) is 16.6. The number of nitrogens with one attached hydrogen (secondary N) is 3. The zero-order valence-corrected chi connectivity index (χ0v) is 16.6. The molecule has 0 atom stereocenters. The third-order valence-corrected chi connectivity index (χ3v) is 4.24. The fraction of sp³-hybridized carbons (Fsp3) is 0.364. The monoisotopic (exact) mass is 367 g/mol. The molecule has 0 unspecified atom stereocenters. The number of anilines is 2. The zero-order chi connectivity index (χ0) is 19.8. The number of hydrogen-bond donors (Lipinski definition) is 3. The number of rotatable bonds is 8. The van der Waals surface area contributed by atoms with Gasteiger partial charge in [0.05, 0.1) is 6.54 Å². The fourth-order valence-electron chi connectivity index (χ4n) is 2.61. The van der Waals surface area contributed by atoms with Gasteiger partial charge in [0.25, 0.3) is 5.91 Å². The highest BCUT2D eigenvalue weighted by atomic mass is 16.2. The lowest BCUT2D eigenvalue weighted by molar-refractivity contribution is -0.114. The molecule has 2 aromatic carbocycles. The largest absolute Gasteiger partial charge is 0.376 e. The lowest BCUT2D eigenvalue weighted by Gasteiger charge is -2.12. The predicted molar refractivity (Wildman–Crippen MR) is 111 cm³/mol. The van der Waals surface area contributed by atoms with Crippen LogP contribution in [-0.4, -0.2) is 24.9 Å². The van der Waals surface area contributed by atoms with Crippen molar-refractivity contribution in [1.82, 2.24) is 5.32 Å². The minimum atomic E-state index is -0.114. The van der Waals surface area contributed by atoms with Crippen molar-refractivity contribution in [3.63, 3.8) is 0 Å². The van der Waals surface area contributed by atoms with Gasteiger partial charge >= 0.3 is 0 Å². The van der Waals surface area contributed by atoms with E-state index in [1.165, 1.54) is 5.56 Å². The summed E-state index contributed by atoms with van der Waals surface area (Å²) in [5.74, 6) is 0.219. The first-order chi connectivity index (χ1) is 12.9. The van der Waals surface area contributed by atoms with E-state index in [0.29, 0.717) is 18.0 Å². The van der Waals surface area contributed by atoms with Crippen molar-refractivity contribution in [2.75, 3.05) is 23.7 Å². The van der Waals surface area contributed by atoms with Crippen molar-refractivity contribution in [2.45, 2.75) is 34.1 Å². The summed E-state index contributed by atoms with van der Waals surface area (Å²) in [6, 6.07) is 13.3. The maximum absolute atomic E-state index is 12.1. The van der Waals surface area contributed by atoms with Gasteiger partial charge in [-0.2, -0.15) is 0 Å². The first-order valence-electron chi connectivity index (χ1n) is 9.40. The van der Waals surface area contributed by atoms with E-state index in [4.69, 9.17) is 0 Å². The Labute approximate surface area is 161 Å². The van der Waals surface area contributed by atoms with Crippen LogP contribution < -0.4 is 16.0 Å². The Kier molecular flexibility index (Phi) is 7.41. The Bertz CT molecular complexity index is 783. The van der Waals surface area contributed by atoms with Gasteiger partial charge in [-0.25, -0.2) is 0 Å². The Hall–Kier alpha value is -2.82. The summed E-state index contributed by atoms with van der Waals surface area (Å²) in [5.41, 5.74) is 4.41. The van der Waals surface area contributed by atoms with Crippen molar-refractivity contribution >= 4 is 23.2 Å². The van der Waals surface area contributed by atoms with Gasteiger partial charge in [0.2, 0.25) is 5.91 Å². The molecule has 2 aromatic rings. The first kappa shape index (κ1) is 20.5. The summed E-state index contributed by atoms with van der Waals surface area (Å²) in [6.45, 7) is 8.94. The normalized spacial score (nSPS) is 10.6. The van der Waals surface area contributed by atoms with Crippen molar-refractivity contribution in [3.8, 4) is 0 Å². The number of amides is 2. The molecule has 0 radical (unpaired) electrons. The van der Waals surface area contributed by atoms with Crippen molar-refractivity contribution in [2.24, 2.45) is 5.92 Å². The van der Waals surface area contributed by atoms with Crippen molar-refractivity contribution < 1.29 is 9.59 Å². The molecule has 0 heterocycles. The summed E-state index contributed by atoms with van der Waals surface area (Å²) in [5, 5.41) is 8.91. The van der Waals surface area contributed by atoms with E-state index in [-0.39, 0.29) is 18.4 Å². The van der Waals surface area contributed by atoms with Gasteiger partial charge < -0.3 is 16.0 Å². The SMILES string of the molecule is CCc1ccc(NC(=O)CNc2ccc(C(=O)NCC(C)C)cc2C)cc1. The molecule has 2 amide bonds. The van der Waals surface area contributed by atoms with E-state index in [1.54, 1.807) is 6.07 Å². The van der Waals surface area contributed by atoms with E-state index < -0.39 is 0 Å².